The predicted molar refractivity (Wildman–Crippen MR) is 194 cm³/mol. The second-order valence-electron chi connectivity index (χ2n) is 15.6. The van der Waals surface area contributed by atoms with Crippen LogP contribution >= 0.6 is 0 Å². The summed E-state index contributed by atoms with van der Waals surface area (Å²) in [7, 11) is -2.06. The van der Waals surface area contributed by atoms with E-state index in [4.69, 9.17) is 28.1 Å². The van der Waals surface area contributed by atoms with E-state index in [1.165, 1.54) is 0 Å². The highest BCUT2D eigenvalue weighted by atomic mass is 28.4. The molecule has 0 radical (unpaired) electrons. The molecule has 2 aliphatic rings. The smallest absolute Gasteiger partial charge is 0.192 e. The highest BCUT2D eigenvalue weighted by Crippen LogP contribution is 2.43. The van der Waals surface area contributed by atoms with Gasteiger partial charge in [-0.05, 0) is 66.4 Å². The summed E-state index contributed by atoms with van der Waals surface area (Å²) in [5, 5.41) is 0.0956. The Kier molecular flexibility index (Phi) is 12.7. The van der Waals surface area contributed by atoms with Crippen molar-refractivity contribution in [2.45, 2.75) is 135 Å². The fourth-order valence-electron chi connectivity index (χ4n) is 6.79. The minimum absolute atomic E-state index is 0.0194. The van der Waals surface area contributed by atoms with Gasteiger partial charge in [-0.1, -0.05) is 126 Å². The van der Waals surface area contributed by atoms with Crippen molar-refractivity contribution < 1.29 is 28.1 Å². The third-order valence-corrected chi connectivity index (χ3v) is 15.0. The number of rotatable bonds is 13. The fourth-order valence-corrected chi connectivity index (χ4v) is 8.13. The zero-order valence-corrected chi connectivity index (χ0v) is 31.3. The first-order valence-corrected chi connectivity index (χ1v) is 20.8. The molecule has 0 amide bonds. The van der Waals surface area contributed by atoms with Gasteiger partial charge in [0.1, 0.15) is 18.3 Å². The van der Waals surface area contributed by atoms with Crippen LogP contribution in [0.2, 0.25) is 18.1 Å². The Morgan fingerprint density at radius 2 is 1.08 bits per heavy atom. The molecular formula is C41H58O6Si. The highest BCUT2D eigenvalue weighted by Gasteiger charge is 2.51. The van der Waals surface area contributed by atoms with Gasteiger partial charge >= 0.3 is 0 Å². The van der Waals surface area contributed by atoms with Gasteiger partial charge in [0.15, 0.2) is 14.6 Å². The standard InChI is InChI=1S/C41H58O6Si/c1-29-24-30(2)36(35(25-29)47-48(7,8)41(4,5)6)46-40-39(44-28-34-22-16-11-17-23-34)38(43-27-33-20-14-10-15-21-33)37(31(3)45-40)42-26-32-18-12-9-13-19-32/h9-23,29-31,35-40H,24-28H2,1-8H3/t29-,30+,31-,35-,36-,37+,38+,39-,40-/m1/s1. The summed E-state index contributed by atoms with van der Waals surface area (Å²) in [6, 6.07) is 30.8. The average molecular weight is 675 g/mol. The highest BCUT2D eigenvalue weighted by molar-refractivity contribution is 6.74. The van der Waals surface area contributed by atoms with Crippen LogP contribution in [-0.4, -0.2) is 51.2 Å². The van der Waals surface area contributed by atoms with Crippen molar-refractivity contribution in [3.05, 3.63) is 108 Å². The quantitative estimate of drug-likeness (QED) is 0.169. The number of benzene rings is 3. The third kappa shape index (κ3) is 9.66. The molecule has 1 aliphatic heterocycles. The molecule has 1 aliphatic carbocycles. The molecule has 1 saturated carbocycles. The van der Waals surface area contributed by atoms with Crippen molar-refractivity contribution in [3.63, 3.8) is 0 Å². The van der Waals surface area contributed by atoms with E-state index in [9.17, 15) is 0 Å². The van der Waals surface area contributed by atoms with Crippen LogP contribution < -0.4 is 0 Å². The van der Waals surface area contributed by atoms with Gasteiger partial charge in [0.2, 0.25) is 0 Å². The molecule has 0 N–H and O–H groups in total. The lowest BCUT2D eigenvalue weighted by Crippen LogP contribution is -2.62. The first-order valence-electron chi connectivity index (χ1n) is 17.9. The first kappa shape index (κ1) is 36.9. The Labute approximate surface area is 290 Å². The normalized spacial score (nSPS) is 29.9. The Morgan fingerprint density at radius 3 is 1.56 bits per heavy atom. The molecule has 0 aromatic heterocycles. The van der Waals surface area contributed by atoms with Crippen LogP contribution in [-0.2, 0) is 47.9 Å². The van der Waals surface area contributed by atoms with E-state index in [0.717, 1.165) is 29.5 Å². The fraction of sp³-hybridized carbons (Fsp3) is 0.561. The van der Waals surface area contributed by atoms with Gasteiger partial charge in [0.05, 0.1) is 38.1 Å². The molecule has 0 bridgehead atoms. The van der Waals surface area contributed by atoms with Gasteiger partial charge in [-0.15, -0.1) is 0 Å². The van der Waals surface area contributed by atoms with Gasteiger partial charge in [-0.2, -0.15) is 0 Å². The van der Waals surface area contributed by atoms with Crippen LogP contribution in [0.15, 0.2) is 91.0 Å². The van der Waals surface area contributed by atoms with E-state index in [0.29, 0.717) is 31.7 Å². The van der Waals surface area contributed by atoms with E-state index >= 15 is 0 Å². The predicted octanol–water partition coefficient (Wildman–Crippen LogP) is 9.33. The average Bonchev–Trinajstić information content (AvgIpc) is 3.05. The minimum atomic E-state index is -2.06. The molecule has 9 atom stereocenters. The van der Waals surface area contributed by atoms with E-state index in [-0.39, 0.29) is 29.5 Å². The molecular weight excluding hydrogens is 617 g/mol. The lowest BCUT2D eigenvalue weighted by atomic mass is 9.79. The van der Waals surface area contributed by atoms with Crippen LogP contribution in [0, 0.1) is 11.8 Å². The summed E-state index contributed by atoms with van der Waals surface area (Å²) in [5.41, 5.74) is 3.27. The summed E-state index contributed by atoms with van der Waals surface area (Å²) < 4.78 is 41.4. The van der Waals surface area contributed by atoms with Crippen LogP contribution in [0.5, 0.6) is 0 Å². The van der Waals surface area contributed by atoms with Crippen LogP contribution in [0.4, 0.5) is 0 Å². The van der Waals surface area contributed by atoms with Crippen molar-refractivity contribution in [3.8, 4) is 0 Å². The summed E-state index contributed by atoms with van der Waals surface area (Å²) in [5.74, 6) is 0.858. The SMILES string of the molecule is C[C@@H]1C[C@H](C)[C@@H](O[C@H]2O[C@H](C)[C@H](OCc3ccccc3)[C@H](OCc3ccccc3)[C@H]2OCc2ccccc2)[C@H](O[Si](C)(C)C(C)(C)C)C1. The van der Waals surface area contributed by atoms with Gasteiger partial charge in [-0.25, -0.2) is 0 Å². The molecule has 7 heteroatoms. The van der Waals surface area contributed by atoms with Crippen molar-refractivity contribution in [1.29, 1.82) is 0 Å². The summed E-state index contributed by atoms with van der Waals surface area (Å²) in [6.07, 6.45) is -0.415. The molecule has 1 heterocycles. The van der Waals surface area contributed by atoms with Gasteiger partial charge in [0, 0.05) is 0 Å². The van der Waals surface area contributed by atoms with Crippen LogP contribution in [0.25, 0.3) is 0 Å². The molecule has 3 aromatic carbocycles. The zero-order chi connectivity index (χ0) is 34.3. The van der Waals surface area contributed by atoms with Gasteiger partial charge in [0.25, 0.3) is 0 Å². The Balaban J connectivity index is 1.45. The van der Waals surface area contributed by atoms with Crippen molar-refractivity contribution in [1.82, 2.24) is 0 Å². The van der Waals surface area contributed by atoms with E-state index in [1.807, 2.05) is 54.6 Å². The number of ether oxygens (including phenoxy) is 5. The van der Waals surface area contributed by atoms with Gasteiger partial charge < -0.3 is 28.1 Å². The second-order valence-corrected chi connectivity index (χ2v) is 20.3. The lowest BCUT2D eigenvalue weighted by Gasteiger charge is -2.49. The summed E-state index contributed by atoms with van der Waals surface area (Å²) in [6.45, 7) is 19.5. The molecule has 0 spiro atoms. The van der Waals surface area contributed by atoms with Crippen molar-refractivity contribution in [2.24, 2.45) is 11.8 Å². The Bertz CT molecular complexity index is 1360. The Morgan fingerprint density at radius 1 is 0.625 bits per heavy atom. The summed E-state index contributed by atoms with van der Waals surface area (Å²) in [4.78, 5) is 0. The molecule has 3 aromatic rings. The molecule has 48 heavy (non-hydrogen) atoms. The maximum absolute atomic E-state index is 7.14. The summed E-state index contributed by atoms with van der Waals surface area (Å²) >= 11 is 0. The molecule has 1 saturated heterocycles. The maximum atomic E-state index is 7.14. The van der Waals surface area contributed by atoms with E-state index < -0.39 is 26.8 Å². The monoisotopic (exact) mass is 674 g/mol. The second kappa shape index (κ2) is 16.6. The molecule has 2 fully saturated rings. The number of hydrogen-bond acceptors (Lipinski definition) is 6. The van der Waals surface area contributed by atoms with Crippen molar-refractivity contribution in [2.75, 3.05) is 0 Å². The van der Waals surface area contributed by atoms with E-state index in [1.54, 1.807) is 0 Å². The molecule has 6 nitrogen and oxygen atoms in total. The zero-order valence-electron chi connectivity index (χ0n) is 30.3. The van der Waals surface area contributed by atoms with Crippen LogP contribution in [0.1, 0.15) is 71.1 Å². The third-order valence-electron chi connectivity index (χ3n) is 10.5. The largest absolute Gasteiger partial charge is 0.411 e. The Hall–Kier alpha value is -2.36. The number of hydrogen-bond donors (Lipinski definition) is 0. The molecule has 5 rings (SSSR count). The topological polar surface area (TPSA) is 55.4 Å². The minimum Gasteiger partial charge on any atom is -0.411 e. The van der Waals surface area contributed by atoms with Crippen molar-refractivity contribution >= 4 is 8.32 Å². The van der Waals surface area contributed by atoms with E-state index in [2.05, 4.69) is 91.0 Å². The first-order chi connectivity index (χ1) is 22.9. The maximum Gasteiger partial charge on any atom is 0.192 e. The molecule has 262 valence electrons. The lowest BCUT2D eigenvalue weighted by molar-refractivity contribution is -0.338. The molecule has 0 unspecified atom stereocenters. The van der Waals surface area contributed by atoms with Gasteiger partial charge in [-0.3, -0.25) is 0 Å². The van der Waals surface area contributed by atoms with Crippen LogP contribution in [0.3, 0.4) is 0 Å².